The number of aliphatic hydroxyl groups is 2. The van der Waals surface area contributed by atoms with Gasteiger partial charge in [0, 0.05) is 25.0 Å². The molecule has 2 aromatic rings. The van der Waals surface area contributed by atoms with E-state index in [9.17, 15) is 24.2 Å². The fraction of sp³-hybridized carbons (Fsp3) is 0.455. The van der Waals surface area contributed by atoms with Gasteiger partial charge in [-0.05, 0) is 56.5 Å². The van der Waals surface area contributed by atoms with Gasteiger partial charge < -0.3 is 30.2 Å². The van der Waals surface area contributed by atoms with Crippen LogP contribution < -0.4 is 10.6 Å². The molecule has 3 atom stereocenters. The van der Waals surface area contributed by atoms with Crippen LogP contribution in [0.1, 0.15) is 45.4 Å². The number of ether oxygens (including phenoxy) is 1. The average molecular weight is 433 g/mol. The predicted octanol–water partition coefficient (Wildman–Crippen LogP) is 1.64. The number of amides is 2. The van der Waals surface area contributed by atoms with E-state index in [0.29, 0.717) is 41.1 Å². The fourth-order valence-corrected chi connectivity index (χ4v) is 3.92. The van der Waals surface area contributed by atoms with Gasteiger partial charge in [0.2, 0.25) is 0 Å². The largest absolute Gasteiger partial charge is 0.389 e. The number of rotatable bonds is 5. The molecule has 9 heteroatoms. The highest BCUT2D eigenvalue weighted by molar-refractivity contribution is 6.06. The molecule has 1 saturated heterocycles. The number of nitrogens with zero attached hydrogens (tertiary/aromatic N) is 1. The van der Waals surface area contributed by atoms with E-state index in [2.05, 4.69) is 10.6 Å². The number of anilines is 1. The van der Waals surface area contributed by atoms with E-state index in [1.54, 1.807) is 32.4 Å². The molecule has 0 spiro atoms. The van der Waals surface area contributed by atoms with Gasteiger partial charge in [0.15, 0.2) is 6.10 Å². The molecule has 1 fully saturated rings. The molecule has 2 heterocycles. The van der Waals surface area contributed by atoms with E-state index in [1.807, 2.05) is 0 Å². The standard InChI is InChI=1S/C22H28FN3O5/c1-11-9-14(5-6-15(11)23)24-21(29)18-12(2)19(26(4)13(18)3)20(28)22(30)25-16-7-8-31-10-17(16)27/h5-6,9,16-17,20,27-28H,7-8,10H2,1-4H3,(H,24,29)(H,25,30)/t16-,17-,20?/m0/s1. The maximum absolute atomic E-state index is 13.5. The first-order chi connectivity index (χ1) is 14.6. The zero-order valence-corrected chi connectivity index (χ0v) is 18.0. The summed E-state index contributed by atoms with van der Waals surface area (Å²) in [5.41, 5.74) is 2.50. The van der Waals surface area contributed by atoms with Gasteiger partial charge >= 0.3 is 0 Å². The third kappa shape index (κ3) is 4.63. The van der Waals surface area contributed by atoms with Gasteiger partial charge in [-0.2, -0.15) is 0 Å². The van der Waals surface area contributed by atoms with E-state index in [-0.39, 0.29) is 18.1 Å². The van der Waals surface area contributed by atoms with E-state index in [1.165, 1.54) is 18.2 Å². The van der Waals surface area contributed by atoms with Gasteiger partial charge in [0.25, 0.3) is 11.8 Å². The molecule has 1 unspecified atom stereocenters. The zero-order chi connectivity index (χ0) is 22.9. The molecule has 0 radical (unpaired) electrons. The SMILES string of the molecule is Cc1cc(NC(=O)c2c(C)c(C(O)C(=O)N[C@H]3CCOC[C@@H]3O)n(C)c2C)ccc1F. The molecule has 1 aliphatic heterocycles. The van der Waals surface area contributed by atoms with Crippen LogP contribution >= 0.6 is 0 Å². The molecular formula is C22H28FN3O5. The van der Waals surface area contributed by atoms with Crippen LogP contribution in [0, 0.1) is 26.6 Å². The second-order valence-corrected chi connectivity index (χ2v) is 7.90. The van der Waals surface area contributed by atoms with Crippen molar-refractivity contribution in [3.8, 4) is 0 Å². The van der Waals surface area contributed by atoms with Gasteiger partial charge in [-0.3, -0.25) is 9.59 Å². The normalized spacial score (nSPS) is 19.7. The molecule has 1 aromatic heterocycles. The lowest BCUT2D eigenvalue weighted by Crippen LogP contribution is -2.50. The molecule has 31 heavy (non-hydrogen) atoms. The lowest BCUT2D eigenvalue weighted by atomic mass is 10.0. The Balaban J connectivity index is 1.82. The summed E-state index contributed by atoms with van der Waals surface area (Å²) in [7, 11) is 1.66. The first-order valence-electron chi connectivity index (χ1n) is 10.1. The second-order valence-electron chi connectivity index (χ2n) is 7.90. The Morgan fingerprint density at radius 3 is 2.65 bits per heavy atom. The quantitative estimate of drug-likeness (QED) is 0.573. The Labute approximate surface area is 180 Å². The number of carbonyl (C=O) groups excluding carboxylic acids is 2. The molecule has 2 amide bonds. The van der Waals surface area contributed by atoms with E-state index >= 15 is 0 Å². The smallest absolute Gasteiger partial charge is 0.257 e. The van der Waals surface area contributed by atoms with Crippen molar-refractivity contribution in [1.29, 1.82) is 0 Å². The number of hydrogen-bond donors (Lipinski definition) is 4. The summed E-state index contributed by atoms with van der Waals surface area (Å²) in [5, 5.41) is 26.1. The Hall–Kier alpha value is -2.75. The van der Waals surface area contributed by atoms with Crippen LogP contribution in [-0.4, -0.2) is 52.0 Å². The molecule has 3 rings (SSSR count). The van der Waals surface area contributed by atoms with Crippen molar-refractivity contribution in [3.63, 3.8) is 0 Å². The van der Waals surface area contributed by atoms with Crippen molar-refractivity contribution in [2.75, 3.05) is 18.5 Å². The van der Waals surface area contributed by atoms with Crippen LogP contribution in [0.2, 0.25) is 0 Å². The van der Waals surface area contributed by atoms with Gasteiger partial charge in [-0.25, -0.2) is 4.39 Å². The lowest BCUT2D eigenvalue weighted by molar-refractivity contribution is -0.133. The number of hydrogen-bond acceptors (Lipinski definition) is 5. The molecule has 0 aliphatic carbocycles. The predicted molar refractivity (Wildman–Crippen MR) is 112 cm³/mol. The number of aliphatic hydroxyl groups excluding tert-OH is 2. The van der Waals surface area contributed by atoms with Gasteiger partial charge in [0.05, 0.1) is 30.0 Å². The van der Waals surface area contributed by atoms with Gasteiger partial charge in [-0.1, -0.05) is 0 Å². The summed E-state index contributed by atoms with van der Waals surface area (Å²) in [6.07, 6.45) is -1.93. The Kier molecular flexibility index (Phi) is 6.78. The molecule has 1 aromatic carbocycles. The minimum absolute atomic E-state index is 0.122. The second kappa shape index (κ2) is 9.17. The molecule has 1 aliphatic rings. The molecule has 0 bridgehead atoms. The van der Waals surface area contributed by atoms with E-state index in [0.717, 1.165) is 0 Å². The number of benzene rings is 1. The third-order valence-corrected chi connectivity index (χ3v) is 5.79. The first kappa shape index (κ1) is 22.9. The number of carbonyl (C=O) groups is 2. The summed E-state index contributed by atoms with van der Waals surface area (Å²) < 4.78 is 20.2. The molecule has 0 saturated carbocycles. The molecule has 168 valence electrons. The average Bonchev–Trinajstić information content (AvgIpc) is 2.94. The Morgan fingerprint density at radius 2 is 2.00 bits per heavy atom. The van der Waals surface area contributed by atoms with Gasteiger partial charge in [0.1, 0.15) is 5.82 Å². The van der Waals surface area contributed by atoms with Gasteiger partial charge in [-0.15, -0.1) is 0 Å². The van der Waals surface area contributed by atoms with Crippen molar-refractivity contribution in [2.24, 2.45) is 7.05 Å². The summed E-state index contributed by atoms with van der Waals surface area (Å²) in [5.74, 6) is -1.44. The fourth-order valence-electron chi connectivity index (χ4n) is 3.92. The van der Waals surface area contributed by atoms with Crippen molar-refractivity contribution in [3.05, 3.63) is 52.1 Å². The minimum Gasteiger partial charge on any atom is -0.389 e. The Bertz CT molecular complexity index is 1000. The third-order valence-electron chi connectivity index (χ3n) is 5.79. The van der Waals surface area contributed by atoms with Crippen molar-refractivity contribution in [2.45, 2.75) is 45.4 Å². The highest BCUT2D eigenvalue weighted by Gasteiger charge is 2.32. The van der Waals surface area contributed by atoms with Crippen LogP contribution in [0.3, 0.4) is 0 Å². The number of aromatic nitrogens is 1. The van der Waals surface area contributed by atoms with Crippen molar-refractivity contribution >= 4 is 17.5 Å². The highest BCUT2D eigenvalue weighted by Crippen LogP contribution is 2.28. The number of halogens is 1. The molecule has 4 N–H and O–H groups in total. The topological polar surface area (TPSA) is 113 Å². The van der Waals surface area contributed by atoms with Crippen molar-refractivity contribution < 1.29 is 28.9 Å². The maximum atomic E-state index is 13.5. The lowest BCUT2D eigenvalue weighted by Gasteiger charge is -2.29. The maximum Gasteiger partial charge on any atom is 0.257 e. The van der Waals surface area contributed by atoms with E-state index < -0.39 is 30.1 Å². The summed E-state index contributed by atoms with van der Waals surface area (Å²) in [6, 6.07) is 3.77. The monoisotopic (exact) mass is 433 g/mol. The van der Waals surface area contributed by atoms with Crippen LogP contribution in [-0.2, 0) is 16.6 Å². The number of aryl methyl sites for hydroxylation is 1. The minimum atomic E-state index is -1.52. The molecular weight excluding hydrogens is 405 g/mol. The summed E-state index contributed by atoms with van der Waals surface area (Å²) >= 11 is 0. The first-order valence-corrected chi connectivity index (χ1v) is 10.1. The Morgan fingerprint density at radius 1 is 1.29 bits per heavy atom. The summed E-state index contributed by atoms with van der Waals surface area (Å²) in [4.78, 5) is 25.6. The van der Waals surface area contributed by atoms with Crippen LogP contribution in [0.25, 0.3) is 0 Å². The highest BCUT2D eigenvalue weighted by atomic mass is 19.1. The van der Waals surface area contributed by atoms with Crippen molar-refractivity contribution in [1.82, 2.24) is 9.88 Å². The van der Waals surface area contributed by atoms with E-state index in [4.69, 9.17) is 4.74 Å². The summed E-state index contributed by atoms with van der Waals surface area (Å²) in [6.45, 7) is 5.51. The van der Waals surface area contributed by atoms with Crippen LogP contribution in [0.5, 0.6) is 0 Å². The zero-order valence-electron chi connectivity index (χ0n) is 18.0. The van der Waals surface area contributed by atoms with Crippen LogP contribution in [0.15, 0.2) is 18.2 Å². The van der Waals surface area contributed by atoms with Crippen LogP contribution in [0.4, 0.5) is 10.1 Å². The number of nitrogens with one attached hydrogen (secondary N) is 2. The molecule has 8 nitrogen and oxygen atoms in total.